The fourth-order valence-corrected chi connectivity index (χ4v) is 5.30. The van der Waals surface area contributed by atoms with Crippen LogP contribution in [0.3, 0.4) is 0 Å². The normalized spacial score (nSPS) is 21.9. The van der Waals surface area contributed by atoms with Crippen LogP contribution in [0.4, 0.5) is 13.2 Å². The highest BCUT2D eigenvalue weighted by molar-refractivity contribution is 5.78. The second kappa shape index (κ2) is 9.55. The number of aryl methyl sites for hydroxylation is 2. The van der Waals surface area contributed by atoms with E-state index in [1.807, 2.05) is 25.5 Å². The molecule has 2 aromatic heterocycles. The Labute approximate surface area is 213 Å². The Morgan fingerprint density at radius 2 is 2.00 bits per heavy atom. The van der Waals surface area contributed by atoms with Crippen molar-refractivity contribution in [1.29, 1.82) is 0 Å². The molecule has 1 fully saturated rings. The van der Waals surface area contributed by atoms with Gasteiger partial charge in [0.2, 0.25) is 5.91 Å². The summed E-state index contributed by atoms with van der Waals surface area (Å²) in [6.45, 7) is 8.85. The summed E-state index contributed by atoms with van der Waals surface area (Å²) in [5, 5.41) is 12.2. The Balaban J connectivity index is 1.83. The molecule has 4 rings (SSSR count). The van der Waals surface area contributed by atoms with Gasteiger partial charge in [-0.05, 0) is 57.4 Å². The van der Waals surface area contributed by atoms with Gasteiger partial charge in [-0.25, -0.2) is 4.98 Å². The van der Waals surface area contributed by atoms with Gasteiger partial charge in [-0.1, -0.05) is 12.1 Å². The third-order valence-corrected chi connectivity index (χ3v) is 7.50. The van der Waals surface area contributed by atoms with Crippen molar-refractivity contribution in [1.82, 2.24) is 19.4 Å². The second-order valence-electron chi connectivity index (χ2n) is 10.00. The minimum atomic E-state index is -4.45. The Bertz CT molecular complexity index is 1430. The monoisotopic (exact) mass is 515 g/mol. The molecule has 1 aromatic carbocycles. The van der Waals surface area contributed by atoms with Crippen LogP contribution >= 0.6 is 0 Å². The quantitative estimate of drug-likeness (QED) is 0.558. The van der Waals surface area contributed by atoms with Gasteiger partial charge in [-0.15, -0.1) is 0 Å². The predicted molar refractivity (Wildman–Crippen MR) is 133 cm³/mol. The molecule has 1 aliphatic rings. The van der Waals surface area contributed by atoms with Gasteiger partial charge in [0.1, 0.15) is 11.4 Å². The number of hydrogen-bond donors (Lipinski definition) is 1. The van der Waals surface area contributed by atoms with Crippen molar-refractivity contribution in [2.75, 3.05) is 6.54 Å². The molecular weight excluding hydrogens is 483 g/mol. The molecule has 198 valence electrons. The van der Waals surface area contributed by atoms with Gasteiger partial charge < -0.3 is 14.6 Å². The molecule has 0 radical (unpaired) electrons. The van der Waals surface area contributed by atoms with Crippen LogP contribution in [-0.4, -0.2) is 43.0 Å². The molecule has 1 unspecified atom stereocenters. The van der Waals surface area contributed by atoms with Crippen molar-refractivity contribution < 1.29 is 23.1 Å². The number of carbonyl (C=O) groups is 1. The third kappa shape index (κ3) is 4.99. The van der Waals surface area contributed by atoms with E-state index in [4.69, 9.17) is 4.99 Å². The maximum Gasteiger partial charge on any atom is 0.416 e. The molecule has 7 nitrogen and oxygen atoms in total. The highest BCUT2D eigenvalue weighted by Gasteiger charge is 2.40. The van der Waals surface area contributed by atoms with E-state index in [0.717, 1.165) is 11.6 Å². The van der Waals surface area contributed by atoms with E-state index in [1.54, 1.807) is 30.2 Å². The first-order valence-electron chi connectivity index (χ1n) is 12.3. The predicted octanol–water partition coefficient (Wildman–Crippen LogP) is 4.48. The maximum absolute atomic E-state index is 13.5. The number of rotatable bonds is 3. The highest BCUT2D eigenvalue weighted by atomic mass is 19.4. The lowest BCUT2D eigenvalue weighted by Crippen LogP contribution is -2.49. The maximum atomic E-state index is 13.5. The summed E-state index contributed by atoms with van der Waals surface area (Å²) in [6.07, 6.45) is -2.11. The lowest BCUT2D eigenvalue weighted by atomic mass is 9.83. The molecule has 0 bridgehead atoms. The van der Waals surface area contributed by atoms with E-state index in [0.29, 0.717) is 47.3 Å². The molecule has 0 aliphatic carbocycles. The Hall–Kier alpha value is -3.27. The van der Waals surface area contributed by atoms with Gasteiger partial charge in [0, 0.05) is 38.4 Å². The van der Waals surface area contributed by atoms with Crippen molar-refractivity contribution in [3.63, 3.8) is 0 Å². The van der Waals surface area contributed by atoms with Crippen LogP contribution in [0.25, 0.3) is 10.9 Å². The van der Waals surface area contributed by atoms with Crippen molar-refractivity contribution in [3.05, 3.63) is 64.2 Å². The molecule has 10 heteroatoms. The van der Waals surface area contributed by atoms with Crippen molar-refractivity contribution >= 4 is 16.8 Å². The molecule has 0 spiro atoms. The number of likely N-dealkylation sites (tertiary alicyclic amines) is 1. The van der Waals surface area contributed by atoms with Gasteiger partial charge in [0.15, 0.2) is 5.49 Å². The fraction of sp³-hybridized carbons (Fsp3) is 0.481. The van der Waals surface area contributed by atoms with Crippen LogP contribution in [-0.2, 0) is 23.6 Å². The molecule has 3 atom stereocenters. The Morgan fingerprint density at radius 1 is 1.30 bits per heavy atom. The molecule has 3 heterocycles. The van der Waals surface area contributed by atoms with Gasteiger partial charge in [0.25, 0.3) is 0 Å². The molecular formula is C27H32F3N5O2. The number of hydrogen-bond acceptors (Lipinski definition) is 5. The van der Waals surface area contributed by atoms with E-state index < -0.39 is 23.4 Å². The molecule has 1 N–H and O–H groups in total. The summed E-state index contributed by atoms with van der Waals surface area (Å²) < 4.78 is 42.3. The lowest BCUT2D eigenvalue weighted by molar-refractivity contribution is -0.138. The average molecular weight is 516 g/mol. The first kappa shape index (κ1) is 26.8. The summed E-state index contributed by atoms with van der Waals surface area (Å²) in [5.41, 5.74) is 0.256. The van der Waals surface area contributed by atoms with Gasteiger partial charge in [-0.3, -0.25) is 14.8 Å². The van der Waals surface area contributed by atoms with E-state index in [-0.39, 0.29) is 17.5 Å². The average Bonchev–Trinajstić information content (AvgIpc) is 2.81. The number of benzene rings is 1. The number of alkyl halides is 3. The van der Waals surface area contributed by atoms with Crippen LogP contribution in [0.5, 0.6) is 0 Å². The first-order chi connectivity index (χ1) is 17.2. The van der Waals surface area contributed by atoms with E-state index >= 15 is 0 Å². The SMILES string of the molecule is CC(=O)N1CCC(O)(c2cc3/c(=N/[C@H](C)c4cccc(C(F)(F)F)c4C)nc(C)n(C)c3cn2)C[C@H]1C. The van der Waals surface area contributed by atoms with Crippen LogP contribution in [0.15, 0.2) is 35.5 Å². The standard InChI is InChI=1S/C27H32F3N5O2/c1-15-13-26(37,10-11-35(15)19(5)36)24-12-21-23(14-31-24)34(6)18(4)33-25(21)32-17(3)20-8-7-9-22(16(20)2)27(28,29)30/h7-9,12,14-15,17,37H,10-11,13H2,1-6H3/b32-25-/t15-,17-,26?/m1/s1. The Kier molecular flexibility index (Phi) is 6.92. The largest absolute Gasteiger partial charge is 0.416 e. The molecule has 1 saturated heterocycles. The molecule has 0 saturated carbocycles. The summed E-state index contributed by atoms with van der Waals surface area (Å²) in [5.74, 6) is 0.628. The highest BCUT2D eigenvalue weighted by Crippen LogP contribution is 2.36. The number of piperidine rings is 1. The lowest BCUT2D eigenvalue weighted by Gasteiger charge is -2.42. The van der Waals surface area contributed by atoms with E-state index in [1.165, 1.54) is 19.9 Å². The van der Waals surface area contributed by atoms with Crippen molar-refractivity contribution in [3.8, 4) is 0 Å². The number of amides is 1. The summed E-state index contributed by atoms with van der Waals surface area (Å²) >= 11 is 0. The van der Waals surface area contributed by atoms with Gasteiger partial charge >= 0.3 is 6.18 Å². The number of aliphatic hydroxyl groups is 1. The molecule has 3 aromatic rings. The minimum Gasteiger partial charge on any atom is -0.383 e. The summed E-state index contributed by atoms with van der Waals surface area (Å²) in [7, 11) is 1.85. The van der Waals surface area contributed by atoms with E-state index in [9.17, 15) is 23.1 Å². The number of fused-ring (bicyclic) bond motifs is 1. The number of aromatic nitrogens is 3. The smallest absolute Gasteiger partial charge is 0.383 e. The summed E-state index contributed by atoms with van der Waals surface area (Å²) in [4.78, 5) is 27.6. The number of halogens is 3. The molecule has 37 heavy (non-hydrogen) atoms. The fourth-order valence-electron chi connectivity index (χ4n) is 5.30. The second-order valence-corrected chi connectivity index (χ2v) is 10.00. The van der Waals surface area contributed by atoms with Crippen LogP contribution in [0, 0.1) is 13.8 Å². The first-order valence-corrected chi connectivity index (χ1v) is 12.3. The topological polar surface area (TPSA) is 83.6 Å². The molecule has 1 amide bonds. The Morgan fingerprint density at radius 3 is 2.62 bits per heavy atom. The summed E-state index contributed by atoms with van der Waals surface area (Å²) in [6, 6.07) is 5.13. The minimum absolute atomic E-state index is 0.0346. The van der Waals surface area contributed by atoms with Crippen LogP contribution in [0.1, 0.15) is 67.9 Å². The van der Waals surface area contributed by atoms with E-state index in [2.05, 4.69) is 9.97 Å². The van der Waals surface area contributed by atoms with Crippen LogP contribution < -0.4 is 5.49 Å². The van der Waals surface area contributed by atoms with Gasteiger partial charge in [0.05, 0.1) is 29.0 Å². The third-order valence-electron chi connectivity index (χ3n) is 7.50. The number of carbonyl (C=O) groups excluding carboxylic acids is 1. The zero-order chi connectivity index (χ0) is 27.3. The zero-order valence-corrected chi connectivity index (χ0v) is 21.9. The number of pyridine rings is 1. The molecule has 1 aliphatic heterocycles. The van der Waals surface area contributed by atoms with Crippen molar-refractivity contribution in [2.24, 2.45) is 12.0 Å². The van der Waals surface area contributed by atoms with Crippen LogP contribution in [0.2, 0.25) is 0 Å². The van der Waals surface area contributed by atoms with Crippen molar-refractivity contribution in [2.45, 2.75) is 71.3 Å². The number of nitrogens with zero attached hydrogens (tertiary/aromatic N) is 5. The van der Waals surface area contributed by atoms with Gasteiger partial charge in [-0.2, -0.15) is 13.2 Å². The zero-order valence-electron chi connectivity index (χ0n) is 21.9.